The van der Waals surface area contributed by atoms with Crippen LogP contribution in [0.15, 0.2) is 17.5 Å². The van der Waals surface area contributed by atoms with E-state index in [0.717, 1.165) is 37.5 Å². The lowest BCUT2D eigenvalue weighted by Gasteiger charge is -2.27. The Balaban J connectivity index is 1.67. The molecule has 2 rings (SSSR count). The van der Waals surface area contributed by atoms with Gasteiger partial charge in [-0.05, 0) is 24.3 Å². The van der Waals surface area contributed by atoms with Crippen molar-refractivity contribution in [3.63, 3.8) is 0 Å². The summed E-state index contributed by atoms with van der Waals surface area (Å²) < 4.78 is 0. The Kier molecular flexibility index (Phi) is 5.16. The second-order valence-electron chi connectivity index (χ2n) is 4.55. The number of aliphatic hydroxyl groups excluding tert-OH is 1. The van der Waals surface area contributed by atoms with Crippen molar-refractivity contribution in [1.29, 1.82) is 0 Å². The third-order valence-corrected chi connectivity index (χ3v) is 4.18. The molecule has 0 radical (unpaired) electrons. The number of nitrogens with one attached hydrogen (secondary N) is 1. The lowest BCUT2D eigenvalue weighted by atomic mass is 10.1. The molecule has 0 spiro atoms. The molecule has 100 valence electrons. The van der Waals surface area contributed by atoms with Gasteiger partial charge in [0.15, 0.2) is 0 Å². The van der Waals surface area contributed by atoms with Crippen LogP contribution >= 0.6 is 11.3 Å². The molecule has 1 unspecified atom stereocenters. The molecular formula is C13H20N2O2S. The van der Waals surface area contributed by atoms with E-state index < -0.39 is 6.10 Å². The van der Waals surface area contributed by atoms with Crippen LogP contribution in [0.2, 0.25) is 0 Å². The van der Waals surface area contributed by atoms with E-state index in [4.69, 9.17) is 0 Å². The molecule has 1 fully saturated rings. The molecular weight excluding hydrogens is 248 g/mol. The van der Waals surface area contributed by atoms with Gasteiger partial charge in [-0.2, -0.15) is 0 Å². The number of aliphatic hydroxyl groups is 1. The maximum atomic E-state index is 11.9. The summed E-state index contributed by atoms with van der Waals surface area (Å²) in [5.74, 6) is 0.217. The Morgan fingerprint density at radius 3 is 2.94 bits per heavy atom. The highest BCUT2D eigenvalue weighted by Crippen LogP contribution is 2.23. The molecule has 1 aliphatic rings. The van der Waals surface area contributed by atoms with E-state index in [9.17, 15) is 9.90 Å². The molecule has 4 nitrogen and oxygen atoms in total. The summed E-state index contributed by atoms with van der Waals surface area (Å²) in [7, 11) is 0. The zero-order valence-corrected chi connectivity index (χ0v) is 11.3. The first-order chi connectivity index (χ1) is 8.77. The number of carbonyl (C=O) groups is 1. The number of rotatable bonds is 5. The van der Waals surface area contributed by atoms with E-state index in [0.29, 0.717) is 12.8 Å². The van der Waals surface area contributed by atoms with Crippen molar-refractivity contribution in [3.8, 4) is 0 Å². The van der Waals surface area contributed by atoms with Crippen LogP contribution in [0.25, 0.3) is 0 Å². The molecule has 2 heterocycles. The van der Waals surface area contributed by atoms with Gasteiger partial charge in [-0.3, -0.25) is 4.79 Å². The molecule has 1 amide bonds. The summed E-state index contributed by atoms with van der Waals surface area (Å²) in [4.78, 5) is 14.8. The van der Waals surface area contributed by atoms with E-state index in [1.807, 2.05) is 22.4 Å². The standard InChI is InChI=1S/C13H20N2O2S/c16-11(12-4-2-10-18-12)3-1-5-13(17)15-8-6-14-7-9-15/h2,4,10-11,14,16H,1,3,5-9H2. The first kappa shape index (κ1) is 13.5. The number of hydrogen-bond acceptors (Lipinski definition) is 4. The minimum Gasteiger partial charge on any atom is -0.388 e. The van der Waals surface area contributed by atoms with Gasteiger partial charge in [-0.1, -0.05) is 6.07 Å². The smallest absolute Gasteiger partial charge is 0.222 e. The van der Waals surface area contributed by atoms with Crippen molar-refractivity contribution in [2.75, 3.05) is 26.2 Å². The third-order valence-electron chi connectivity index (χ3n) is 3.21. The molecule has 1 atom stereocenters. The minimum atomic E-state index is -0.416. The van der Waals surface area contributed by atoms with E-state index in [2.05, 4.69) is 5.32 Å². The summed E-state index contributed by atoms with van der Waals surface area (Å²) >= 11 is 1.56. The zero-order valence-electron chi connectivity index (χ0n) is 10.5. The monoisotopic (exact) mass is 268 g/mol. The lowest BCUT2D eigenvalue weighted by molar-refractivity contribution is -0.131. The Labute approximate surface area is 112 Å². The van der Waals surface area contributed by atoms with Crippen molar-refractivity contribution in [3.05, 3.63) is 22.4 Å². The summed E-state index contributed by atoms with van der Waals surface area (Å²) in [6, 6.07) is 3.88. The zero-order chi connectivity index (χ0) is 12.8. The molecule has 18 heavy (non-hydrogen) atoms. The normalized spacial score (nSPS) is 17.7. The molecule has 5 heteroatoms. The summed E-state index contributed by atoms with van der Waals surface area (Å²) in [6.07, 6.45) is 1.55. The van der Waals surface area contributed by atoms with Crippen LogP contribution in [-0.2, 0) is 4.79 Å². The molecule has 2 N–H and O–H groups in total. The lowest BCUT2D eigenvalue weighted by Crippen LogP contribution is -2.46. The average Bonchev–Trinajstić information content (AvgIpc) is 2.93. The molecule has 0 saturated carbocycles. The Morgan fingerprint density at radius 1 is 1.50 bits per heavy atom. The molecule has 1 aromatic rings. The summed E-state index contributed by atoms with van der Waals surface area (Å²) in [5, 5.41) is 15.1. The first-order valence-corrected chi connectivity index (χ1v) is 7.35. The molecule has 0 aromatic carbocycles. The van der Waals surface area contributed by atoms with Gasteiger partial charge < -0.3 is 15.3 Å². The topological polar surface area (TPSA) is 52.6 Å². The van der Waals surface area contributed by atoms with Gasteiger partial charge in [-0.15, -0.1) is 11.3 Å². The van der Waals surface area contributed by atoms with Crippen molar-refractivity contribution < 1.29 is 9.90 Å². The quantitative estimate of drug-likeness (QED) is 0.848. The number of amides is 1. The molecule has 1 aromatic heterocycles. The fourth-order valence-electron chi connectivity index (χ4n) is 2.14. The van der Waals surface area contributed by atoms with Crippen LogP contribution in [0, 0.1) is 0 Å². The van der Waals surface area contributed by atoms with E-state index in [-0.39, 0.29) is 5.91 Å². The van der Waals surface area contributed by atoms with Gasteiger partial charge in [-0.25, -0.2) is 0 Å². The fourth-order valence-corrected chi connectivity index (χ4v) is 2.89. The van der Waals surface area contributed by atoms with Crippen LogP contribution in [0.1, 0.15) is 30.2 Å². The van der Waals surface area contributed by atoms with Crippen molar-refractivity contribution in [2.45, 2.75) is 25.4 Å². The van der Waals surface area contributed by atoms with Gasteiger partial charge in [0.05, 0.1) is 6.10 Å². The number of nitrogens with zero attached hydrogens (tertiary/aromatic N) is 1. The Hall–Kier alpha value is -0.910. The number of piperazine rings is 1. The third kappa shape index (κ3) is 3.80. The van der Waals surface area contributed by atoms with Crippen molar-refractivity contribution in [1.82, 2.24) is 10.2 Å². The Bertz CT molecular complexity index is 361. The van der Waals surface area contributed by atoms with E-state index >= 15 is 0 Å². The van der Waals surface area contributed by atoms with Gasteiger partial charge in [0.2, 0.25) is 5.91 Å². The molecule has 0 bridgehead atoms. The van der Waals surface area contributed by atoms with Crippen molar-refractivity contribution >= 4 is 17.2 Å². The molecule has 1 aliphatic heterocycles. The van der Waals surface area contributed by atoms with E-state index in [1.54, 1.807) is 11.3 Å². The van der Waals surface area contributed by atoms with Gasteiger partial charge in [0.25, 0.3) is 0 Å². The second kappa shape index (κ2) is 6.87. The van der Waals surface area contributed by atoms with Gasteiger partial charge in [0, 0.05) is 37.5 Å². The SMILES string of the molecule is O=C(CCCC(O)c1cccs1)N1CCNCC1. The predicted molar refractivity (Wildman–Crippen MR) is 72.6 cm³/mol. The minimum absolute atomic E-state index is 0.217. The predicted octanol–water partition coefficient (Wildman–Crippen LogP) is 1.38. The number of hydrogen-bond donors (Lipinski definition) is 2. The van der Waals surface area contributed by atoms with Crippen molar-refractivity contribution in [2.24, 2.45) is 0 Å². The first-order valence-electron chi connectivity index (χ1n) is 6.47. The average molecular weight is 268 g/mol. The molecule has 0 aliphatic carbocycles. The maximum absolute atomic E-state index is 11.9. The fraction of sp³-hybridized carbons (Fsp3) is 0.615. The van der Waals surface area contributed by atoms with E-state index in [1.165, 1.54) is 0 Å². The van der Waals surface area contributed by atoms with Crippen LogP contribution < -0.4 is 5.32 Å². The summed E-state index contributed by atoms with van der Waals surface area (Å²) in [6.45, 7) is 3.41. The largest absolute Gasteiger partial charge is 0.388 e. The van der Waals surface area contributed by atoms with Crippen LogP contribution in [-0.4, -0.2) is 42.1 Å². The van der Waals surface area contributed by atoms with Gasteiger partial charge >= 0.3 is 0 Å². The van der Waals surface area contributed by atoms with Crippen LogP contribution in [0.3, 0.4) is 0 Å². The number of thiophene rings is 1. The highest BCUT2D eigenvalue weighted by molar-refractivity contribution is 7.10. The highest BCUT2D eigenvalue weighted by Gasteiger charge is 2.16. The molecule has 1 saturated heterocycles. The highest BCUT2D eigenvalue weighted by atomic mass is 32.1. The Morgan fingerprint density at radius 2 is 2.28 bits per heavy atom. The number of carbonyl (C=O) groups excluding carboxylic acids is 1. The summed E-state index contributed by atoms with van der Waals surface area (Å²) in [5.41, 5.74) is 0. The van der Waals surface area contributed by atoms with Crippen LogP contribution in [0.4, 0.5) is 0 Å². The van der Waals surface area contributed by atoms with Gasteiger partial charge in [0.1, 0.15) is 0 Å². The second-order valence-corrected chi connectivity index (χ2v) is 5.53. The maximum Gasteiger partial charge on any atom is 0.222 e. The van der Waals surface area contributed by atoms with Crippen LogP contribution in [0.5, 0.6) is 0 Å².